The van der Waals surface area contributed by atoms with Crippen molar-refractivity contribution < 1.29 is 29.3 Å². The Bertz CT molecular complexity index is 1310. The van der Waals surface area contributed by atoms with Crippen LogP contribution >= 0.6 is 27.3 Å². The molecule has 3 aromatic rings. The number of halogens is 1. The maximum atomic E-state index is 12.5. The van der Waals surface area contributed by atoms with Crippen molar-refractivity contribution in [2.75, 3.05) is 18.1 Å². The first-order valence-electron chi connectivity index (χ1n) is 12.3. The van der Waals surface area contributed by atoms with Crippen molar-refractivity contribution in [2.45, 2.75) is 32.1 Å². The molecule has 4 N–H and O–H groups in total. The molecule has 0 aliphatic heterocycles. The average Bonchev–Trinajstić information content (AvgIpc) is 3.23. The summed E-state index contributed by atoms with van der Waals surface area (Å²) in [5.74, 6) is -1.60. The van der Waals surface area contributed by atoms with Crippen molar-refractivity contribution >= 4 is 50.9 Å². The number of primary amides is 1. The molecule has 1 aliphatic rings. The van der Waals surface area contributed by atoms with E-state index in [1.807, 2.05) is 6.07 Å². The zero-order valence-corrected chi connectivity index (χ0v) is 23.0. The van der Waals surface area contributed by atoms with Gasteiger partial charge in [0.2, 0.25) is 0 Å². The largest absolute Gasteiger partial charge is 0.479 e. The van der Waals surface area contributed by atoms with Gasteiger partial charge in [0.05, 0.1) is 9.35 Å². The number of hydrogen-bond donors (Lipinski definition) is 3. The van der Waals surface area contributed by atoms with Crippen LogP contribution in [0.1, 0.15) is 40.9 Å². The summed E-state index contributed by atoms with van der Waals surface area (Å²) in [6.07, 6.45) is 5.34. The predicted molar refractivity (Wildman–Crippen MR) is 150 cm³/mol. The van der Waals surface area contributed by atoms with E-state index in [4.69, 9.17) is 15.6 Å². The molecule has 1 saturated carbocycles. The number of nitrogens with two attached hydrogens (primary N) is 1. The van der Waals surface area contributed by atoms with Crippen LogP contribution in [0, 0.1) is 11.8 Å². The van der Waals surface area contributed by atoms with E-state index >= 15 is 0 Å². The normalized spacial score (nSPS) is 17.1. The number of nitrogens with zero attached hydrogens (tertiary/aromatic N) is 1. The van der Waals surface area contributed by atoms with Crippen LogP contribution in [-0.2, 0) is 11.2 Å². The van der Waals surface area contributed by atoms with Crippen molar-refractivity contribution in [1.82, 2.24) is 0 Å². The van der Waals surface area contributed by atoms with E-state index < -0.39 is 24.6 Å². The van der Waals surface area contributed by atoms with E-state index in [1.165, 1.54) is 12.0 Å². The molecule has 0 radical (unpaired) electrons. The summed E-state index contributed by atoms with van der Waals surface area (Å²) in [5.41, 5.74) is 8.42. The smallest absolute Gasteiger partial charge is 0.349 e. The van der Waals surface area contributed by atoms with E-state index in [1.54, 1.807) is 29.2 Å². The van der Waals surface area contributed by atoms with Crippen LogP contribution in [0.25, 0.3) is 10.4 Å². The summed E-state index contributed by atoms with van der Waals surface area (Å²) in [7, 11) is 0. The number of carboxylic acids is 2. The number of carbonyl (C=O) groups excluding carboxylic acids is 1. The minimum Gasteiger partial charge on any atom is -0.479 e. The minimum atomic E-state index is -1.22. The third kappa shape index (κ3) is 6.73. The predicted octanol–water partition coefficient (Wildman–Crippen LogP) is 6.27. The van der Waals surface area contributed by atoms with E-state index in [0.29, 0.717) is 39.0 Å². The third-order valence-corrected chi connectivity index (χ3v) is 8.96. The van der Waals surface area contributed by atoms with Gasteiger partial charge in [0.25, 0.3) is 0 Å². The van der Waals surface area contributed by atoms with Gasteiger partial charge in [-0.3, -0.25) is 4.90 Å². The molecule has 10 heteroatoms. The molecule has 200 valence electrons. The van der Waals surface area contributed by atoms with Crippen LogP contribution in [-0.4, -0.2) is 41.3 Å². The number of aromatic carboxylic acids is 1. The molecule has 2 aromatic carbocycles. The number of urea groups is 1. The fourth-order valence-electron chi connectivity index (χ4n) is 5.08. The Morgan fingerprint density at radius 1 is 1.05 bits per heavy atom. The van der Waals surface area contributed by atoms with E-state index in [2.05, 4.69) is 40.2 Å². The minimum absolute atomic E-state index is 0.0382. The summed E-state index contributed by atoms with van der Waals surface area (Å²) >= 11 is 4.35. The van der Waals surface area contributed by atoms with Gasteiger partial charge in [0, 0.05) is 12.2 Å². The fourth-order valence-corrected chi connectivity index (χ4v) is 6.97. The highest BCUT2D eigenvalue weighted by Crippen LogP contribution is 2.46. The molecule has 1 heterocycles. The van der Waals surface area contributed by atoms with Gasteiger partial charge in [-0.25, -0.2) is 14.4 Å². The zero-order chi connectivity index (χ0) is 27.2. The average molecular weight is 602 g/mol. The lowest BCUT2D eigenvalue weighted by atomic mass is 9.78. The van der Waals surface area contributed by atoms with Crippen molar-refractivity contribution in [3.05, 3.63) is 69.5 Å². The van der Waals surface area contributed by atoms with Crippen LogP contribution in [0.5, 0.6) is 5.75 Å². The number of amides is 2. The van der Waals surface area contributed by atoms with E-state index in [0.717, 1.165) is 37.0 Å². The lowest BCUT2D eigenvalue weighted by molar-refractivity contribution is -0.139. The molecule has 2 atom stereocenters. The Morgan fingerprint density at radius 2 is 1.79 bits per heavy atom. The van der Waals surface area contributed by atoms with Crippen LogP contribution < -0.4 is 15.4 Å². The second kappa shape index (κ2) is 12.4. The van der Waals surface area contributed by atoms with Crippen molar-refractivity contribution in [3.63, 3.8) is 0 Å². The molecule has 1 aliphatic carbocycles. The lowest BCUT2D eigenvalue weighted by Gasteiger charge is -2.33. The first-order valence-corrected chi connectivity index (χ1v) is 13.9. The quantitative estimate of drug-likeness (QED) is 0.251. The number of carbonyl (C=O) groups is 3. The number of hydrogen-bond acceptors (Lipinski definition) is 5. The summed E-state index contributed by atoms with van der Waals surface area (Å²) in [6, 6.07) is 17.1. The van der Waals surface area contributed by atoms with Gasteiger partial charge in [0.15, 0.2) is 17.2 Å². The third-order valence-electron chi connectivity index (χ3n) is 6.73. The van der Waals surface area contributed by atoms with E-state index in [9.17, 15) is 19.5 Å². The summed E-state index contributed by atoms with van der Waals surface area (Å²) < 4.78 is 5.61. The number of aliphatic carboxylic acids is 1. The van der Waals surface area contributed by atoms with Gasteiger partial charge in [-0.15, -0.1) is 11.3 Å². The van der Waals surface area contributed by atoms with Crippen molar-refractivity contribution in [3.8, 4) is 16.2 Å². The molecule has 38 heavy (non-hydrogen) atoms. The van der Waals surface area contributed by atoms with Gasteiger partial charge in [-0.2, -0.15) is 0 Å². The fraction of sp³-hybridized carbons (Fsp3) is 0.321. The summed E-state index contributed by atoms with van der Waals surface area (Å²) in [5, 5.41) is 18.6. The second-order valence-corrected chi connectivity index (χ2v) is 11.3. The summed E-state index contributed by atoms with van der Waals surface area (Å²) in [6.45, 7) is -0.166. The van der Waals surface area contributed by atoms with Gasteiger partial charge in [-0.1, -0.05) is 55.3 Å². The number of anilines is 1. The lowest BCUT2D eigenvalue weighted by Crippen LogP contribution is -2.40. The molecule has 8 nitrogen and oxygen atoms in total. The number of rotatable bonds is 10. The highest BCUT2D eigenvalue weighted by Gasteiger charge is 2.27. The molecule has 0 bridgehead atoms. The molecule has 2 unspecified atom stereocenters. The summed E-state index contributed by atoms with van der Waals surface area (Å²) in [4.78, 5) is 37.3. The maximum Gasteiger partial charge on any atom is 0.349 e. The van der Waals surface area contributed by atoms with Gasteiger partial charge in [-0.05, 0) is 70.3 Å². The molecule has 2 amide bonds. The van der Waals surface area contributed by atoms with E-state index in [-0.39, 0.29) is 10.6 Å². The molecular formula is C28H29BrN2O6S. The topological polar surface area (TPSA) is 130 Å². The first-order chi connectivity index (χ1) is 18.2. The Morgan fingerprint density at radius 3 is 2.47 bits per heavy atom. The Hall–Kier alpha value is -3.37. The number of thiophene rings is 1. The Labute approximate surface area is 233 Å². The number of benzene rings is 2. The van der Waals surface area contributed by atoms with Crippen LogP contribution in [0.2, 0.25) is 0 Å². The zero-order valence-electron chi connectivity index (χ0n) is 20.6. The van der Waals surface area contributed by atoms with Crippen LogP contribution in [0.3, 0.4) is 0 Å². The monoisotopic (exact) mass is 600 g/mol. The molecule has 4 rings (SSSR count). The van der Waals surface area contributed by atoms with Crippen molar-refractivity contribution in [1.29, 1.82) is 0 Å². The van der Waals surface area contributed by atoms with Gasteiger partial charge in [0.1, 0.15) is 0 Å². The number of ether oxygens (including phenoxy) is 1. The van der Waals surface area contributed by atoms with Gasteiger partial charge < -0.3 is 20.7 Å². The standard InChI is InChI=1S/C28H29BrN2O6S/c29-23-24(37-16-22(32)33)26(27(34)35)38-25(23)20-10-5-11-21(14-20)31(28(30)36)15-19-9-4-8-18(13-19)12-17-6-2-1-3-7-17/h1-3,5-7,10-11,14,18-19H,4,8-9,12-13,15-16H2,(H2,30,36)(H,32,33)(H,34,35). The molecule has 1 fully saturated rings. The highest BCUT2D eigenvalue weighted by atomic mass is 79.9. The second-order valence-electron chi connectivity index (χ2n) is 9.48. The molecular weight excluding hydrogens is 572 g/mol. The van der Waals surface area contributed by atoms with Crippen LogP contribution in [0.4, 0.5) is 10.5 Å². The number of carboxylic acid groups (broad SMARTS) is 2. The van der Waals surface area contributed by atoms with Gasteiger partial charge >= 0.3 is 18.0 Å². The van der Waals surface area contributed by atoms with Crippen molar-refractivity contribution in [2.24, 2.45) is 17.6 Å². The van der Waals surface area contributed by atoms with Crippen LogP contribution in [0.15, 0.2) is 59.1 Å². The first kappa shape index (κ1) is 27.7. The highest BCUT2D eigenvalue weighted by molar-refractivity contribution is 9.10. The molecule has 0 spiro atoms. The SMILES string of the molecule is NC(=O)N(CC1CCCC(Cc2ccccc2)C1)c1cccc(-c2sc(C(=O)O)c(OCC(=O)O)c2Br)c1. The Kier molecular flexibility index (Phi) is 9.06. The maximum absolute atomic E-state index is 12.5. The molecule has 1 aromatic heterocycles. The molecule has 0 saturated heterocycles. The Balaban J connectivity index is 1.55.